The number of nitrogens with zero attached hydrogens (tertiary/aromatic N) is 1. The van der Waals surface area contributed by atoms with Crippen LogP contribution < -0.4 is 5.32 Å². The van der Waals surface area contributed by atoms with Gasteiger partial charge in [0.1, 0.15) is 11.9 Å². The molecule has 0 bridgehead atoms. The molecule has 0 saturated heterocycles. The maximum atomic E-state index is 13.2. The first-order valence-corrected chi connectivity index (χ1v) is 9.89. The van der Waals surface area contributed by atoms with Gasteiger partial charge in [-0.3, -0.25) is 9.59 Å². The number of hydrogen-bond donors (Lipinski definition) is 1. The minimum atomic E-state index is -0.485. The third kappa shape index (κ3) is 5.82. The summed E-state index contributed by atoms with van der Waals surface area (Å²) >= 11 is 0. The lowest BCUT2D eigenvalue weighted by Gasteiger charge is -2.32. The number of nitrogens with one attached hydrogen (secondary N) is 1. The molecule has 4 nitrogen and oxygen atoms in total. The Kier molecular flexibility index (Phi) is 8.07. The molecule has 1 fully saturated rings. The quantitative estimate of drug-likeness (QED) is 0.754. The monoisotopic (exact) mass is 362 g/mol. The minimum absolute atomic E-state index is 0.0255. The van der Waals surface area contributed by atoms with Crippen LogP contribution in [0.25, 0.3) is 0 Å². The van der Waals surface area contributed by atoms with E-state index in [2.05, 4.69) is 5.32 Å². The van der Waals surface area contributed by atoms with Crippen LogP contribution in [0, 0.1) is 5.82 Å². The zero-order valence-corrected chi connectivity index (χ0v) is 16.0. The van der Waals surface area contributed by atoms with Crippen LogP contribution in [-0.4, -0.2) is 28.8 Å². The summed E-state index contributed by atoms with van der Waals surface area (Å²) in [5.41, 5.74) is 0.833. The largest absolute Gasteiger partial charge is 0.352 e. The summed E-state index contributed by atoms with van der Waals surface area (Å²) < 4.78 is 13.2. The van der Waals surface area contributed by atoms with Gasteiger partial charge >= 0.3 is 0 Å². The van der Waals surface area contributed by atoms with Crippen LogP contribution in [0.5, 0.6) is 0 Å². The molecule has 1 aliphatic rings. The van der Waals surface area contributed by atoms with Gasteiger partial charge in [0.2, 0.25) is 11.8 Å². The summed E-state index contributed by atoms with van der Waals surface area (Å²) in [6, 6.07) is 5.86. The van der Waals surface area contributed by atoms with Gasteiger partial charge in [-0.25, -0.2) is 4.39 Å². The van der Waals surface area contributed by atoms with Crippen molar-refractivity contribution in [2.24, 2.45) is 0 Å². The molecule has 1 aliphatic carbocycles. The van der Waals surface area contributed by atoms with E-state index in [-0.39, 0.29) is 23.7 Å². The third-order valence-corrected chi connectivity index (χ3v) is 5.07. The molecule has 0 aliphatic heterocycles. The Morgan fingerprint density at radius 1 is 1.15 bits per heavy atom. The number of benzene rings is 1. The zero-order chi connectivity index (χ0) is 18.9. The molecule has 0 radical (unpaired) electrons. The van der Waals surface area contributed by atoms with Gasteiger partial charge in [-0.2, -0.15) is 0 Å². The van der Waals surface area contributed by atoms with E-state index in [4.69, 9.17) is 0 Å². The molecule has 1 aromatic rings. The molecule has 144 valence electrons. The summed E-state index contributed by atoms with van der Waals surface area (Å²) in [7, 11) is 0. The van der Waals surface area contributed by atoms with Crippen molar-refractivity contribution in [1.82, 2.24) is 10.2 Å². The third-order valence-electron chi connectivity index (χ3n) is 5.07. The molecule has 0 unspecified atom stereocenters. The molecule has 1 atom stereocenters. The highest BCUT2D eigenvalue weighted by Gasteiger charge is 2.29. The van der Waals surface area contributed by atoms with Crippen LogP contribution in [0.15, 0.2) is 24.3 Å². The van der Waals surface area contributed by atoms with Crippen molar-refractivity contribution in [3.8, 4) is 0 Å². The minimum Gasteiger partial charge on any atom is -0.352 e. The molecule has 0 spiro atoms. The average molecular weight is 362 g/mol. The Morgan fingerprint density at radius 3 is 2.38 bits per heavy atom. The van der Waals surface area contributed by atoms with E-state index in [9.17, 15) is 14.0 Å². The fraction of sp³-hybridized carbons (Fsp3) is 0.619. The van der Waals surface area contributed by atoms with E-state index in [1.165, 1.54) is 18.6 Å². The molecule has 5 heteroatoms. The summed E-state index contributed by atoms with van der Waals surface area (Å²) in [5, 5.41) is 3.15. The lowest BCUT2D eigenvalue weighted by atomic mass is 9.95. The highest BCUT2D eigenvalue weighted by molar-refractivity contribution is 5.87. The van der Waals surface area contributed by atoms with Crippen molar-refractivity contribution in [1.29, 1.82) is 0 Å². The number of amides is 2. The lowest BCUT2D eigenvalue weighted by molar-refractivity contribution is -0.141. The van der Waals surface area contributed by atoms with Crippen LogP contribution in [0.1, 0.15) is 70.8 Å². The molecule has 1 saturated carbocycles. The van der Waals surface area contributed by atoms with Crippen molar-refractivity contribution < 1.29 is 14.0 Å². The van der Waals surface area contributed by atoms with E-state index in [1.807, 2.05) is 13.8 Å². The van der Waals surface area contributed by atoms with Crippen molar-refractivity contribution in [2.45, 2.75) is 83.8 Å². The van der Waals surface area contributed by atoms with Crippen molar-refractivity contribution >= 4 is 11.8 Å². The smallest absolute Gasteiger partial charge is 0.243 e. The number of carbonyl (C=O) groups is 2. The molecule has 2 rings (SSSR count). The van der Waals surface area contributed by atoms with Crippen LogP contribution in [0.3, 0.4) is 0 Å². The van der Waals surface area contributed by atoms with Crippen LogP contribution in [-0.2, 0) is 16.1 Å². The molecule has 0 heterocycles. The Hall–Kier alpha value is -1.91. The molecular weight excluding hydrogens is 331 g/mol. The van der Waals surface area contributed by atoms with Gasteiger partial charge in [0.15, 0.2) is 0 Å². The van der Waals surface area contributed by atoms with Gasteiger partial charge in [-0.05, 0) is 43.4 Å². The number of rotatable bonds is 8. The number of hydrogen-bond acceptors (Lipinski definition) is 2. The molecular formula is C21H31FN2O2. The highest BCUT2D eigenvalue weighted by Crippen LogP contribution is 2.19. The maximum Gasteiger partial charge on any atom is 0.243 e. The summed E-state index contributed by atoms with van der Waals surface area (Å²) in [5.74, 6) is -0.393. The Morgan fingerprint density at radius 2 is 1.81 bits per heavy atom. The first kappa shape index (κ1) is 20.4. The molecule has 1 N–H and O–H groups in total. The SMILES string of the molecule is CCCC(=O)N(Cc1ccc(F)cc1)[C@H](CC)C(=O)NC1CCCCC1. The van der Waals surface area contributed by atoms with E-state index in [0.29, 0.717) is 19.4 Å². The van der Waals surface area contributed by atoms with Gasteiger partial charge in [-0.1, -0.05) is 45.2 Å². The van der Waals surface area contributed by atoms with Crippen molar-refractivity contribution in [2.75, 3.05) is 0 Å². The van der Waals surface area contributed by atoms with Gasteiger partial charge < -0.3 is 10.2 Å². The van der Waals surface area contributed by atoms with Crippen LogP contribution in [0.4, 0.5) is 4.39 Å². The Labute approximate surface area is 156 Å². The van der Waals surface area contributed by atoms with Gasteiger partial charge in [0.25, 0.3) is 0 Å². The van der Waals surface area contributed by atoms with E-state index >= 15 is 0 Å². The van der Waals surface area contributed by atoms with Gasteiger partial charge in [0, 0.05) is 19.0 Å². The first-order valence-electron chi connectivity index (χ1n) is 9.89. The molecule has 1 aromatic carbocycles. The first-order chi connectivity index (χ1) is 12.5. The number of halogens is 1. The van der Waals surface area contributed by atoms with Crippen molar-refractivity contribution in [3.05, 3.63) is 35.6 Å². The second kappa shape index (κ2) is 10.3. The highest BCUT2D eigenvalue weighted by atomic mass is 19.1. The topological polar surface area (TPSA) is 49.4 Å². The van der Waals surface area contributed by atoms with E-state index < -0.39 is 6.04 Å². The van der Waals surface area contributed by atoms with Gasteiger partial charge in [-0.15, -0.1) is 0 Å². The molecule has 2 amide bonds. The summed E-state index contributed by atoms with van der Waals surface area (Å²) in [4.78, 5) is 27.2. The van der Waals surface area contributed by atoms with Crippen LogP contribution in [0.2, 0.25) is 0 Å². The predicted molar refractivity (Wildman–Crippen MR) is 101 cm³/mol. The van der Waals surface area contributed by atoms with E-state index in [0.717, 1.165) is 37.7 Å². The summed E-state index contributed by atoms with van der Waals surface area (Å²) in [6.07, 6.45) is 7.27. The lowest BCUT2D eigenvalue weighted by Crippen LogP contribution is -2.51. The normalized spacial score (nSPS) is 16.1. The standard InChI is InChI=1S/C21H31FN2O2/c1-3-8-20(25)24(15-16-11-13-17(22)14-12-16)19(4-2)21(26)23-18-9-6-5-7-10-18/h11-14,18-19H,3-10,15H2,1-2H3,(H,23,26)/t19-/m1/s1. The van der Waals surface area contributed by atoms with E-state index in [1.54, 1.807) is 17.0 Å². The Bertz CT molecular complexity index is 582. The summed E-state index contributed by atoms with van der Waals surface area (Å²) in [6.45, 7) is 4.22. The fourth-order valence-electron chi connectivity index (χ4n) is 3.61. The van der Waals surface area contributed by atoms with Crippen LogP contribution >= 0.6 is 0 Å². The van der Waals surface area contributed by atoms with Crippen molar-refractivity contribution in [3.63, 3.8) is 0 Å². The number of carbonyl (C=O) groups excluding carboxylic acids is 2. The Balaban J connectivity index is 2.12. The molecule has 26 heavy (non-hydrogen) atoms. The second-order valence-electron chi connectivity index (χ2n) is 7.17. The zero-order valence-electron chi connectivity index (χ0n) is 16.0. The fourth-order valence-corrected chi connectivity index (χ4v) is 3.61. The predicted octanol–water partition coefficient (Wildman–Crippen LogP) is 4.18. The maximum absolute atomic E-state index is 13.2. The average Bonchev–Trinajstić information content (AvgIpc) is 2.64. The molecule has 0 aromatic heterocycles. The second-order valence-corrected chi connectivity index (χ2v) is 7.17. The van der Waals surface area contributed by atoms with Gasteiger partial charge in [0.05, 0.1) is 0 Å².